The Hall–Kier alpha value is -0.760. The van der Waals surface area contributed by atoms with Gasteiger partial charge in [-0.15, -0.1) is 0 Å². The first-order valence-corrected chi connectivity index (χ1v) is 33.5. The highest BCUT2D eigenvalue weighted by atomic mass is 31.2. The Morgan fingerprint density at radius 2 is 0.750 bits per heavy atom. The van der Waals surface area contributed by atoms with E-state index in [1.54, 1.807) is 6.08 Å². The molecular weight excluding hydrogens is 912 g/mol. The van der Waals surface area contributed by atoms with Crippen LogP contribution in [0.5, 0.6) is 0 Å². The van der Waals surface area contributed by atoms with E-state index in [9.17, 15) is 19.4 Å². The monoisotopic (exact) mass is 1040 g/mol. The number of carbonyl (C=O) groups is 1. The van der Waals surface area contributed by atoms with Gasteiger partial charge in [0.2, 0.25) is 5.91 Å². The van der Waals surface area contributed by atoms with E-state index in [0.29, 0.717) is 17.4 Å². The fraction of sp³-hybridized carbons (Fsp3) is 0.952. The highest BCUT2D eigenvalue weighted by Gasteiger charge is 2.23. The van der Waals surface area contributed by atoms with Crippen molar-refractivity contribution >= 4 is 13.7 Å². The maximum absolute atomic E-state index is 13.0. The van der Waals surface area contributed by atoms with Gasteiger partial charge in [0.15, 0.2) is 0 Å². The topological polar surface area (TPSA) is 108 Å². The molecular formula is C63H127N2O6P. The summed E-state index contributed by atoms with van der Waals surface area (Å²) in [6.45, 7) is 4.71. The third kappa shape index (κ3) is 57.0. The molecule has 0 aromatic carbocycles. The lowest BCUT2D eigenvalue weighted by Gasteiger charge is -2.29. The van der Waals surface area contributed by atoms with Gasteiger partial charge in [-0.25, -0.2) is 0 Å². The summed E-state index contributed by atoms with van der Waals surface area (Å²) in [5, 5.41) is 13.9. The van der Waals surface area contributed by atoms with E-state index in [-0.39, 0.29) is 19.1 Å². The van der Waals surface area contributed by atoms with Crippen molar-refractivity contribution in [2.75, 3.05) is 40.9 Å². The predicted octanol–water partition coefficient (Wildman–Crippen LogP) is 19.1. The van der Waals surface area contributed by atoms with Gasteiger partial charge < -0.3 is 28.8 Å². The zero-order valence-corrected chi connectivity index (χ0v) is 50.1. The van der Waals surface area contributed by atoms with Gasteiger partial charge in [0.05, 0.1) is 39.9 Å². The zero-order valence-electron chi connectivity index (χ0n) is 49.2. The minimum absolute atomic E-state index is 0.00288. The number of nitrogens with zero attached hydrogens (tertiary/aromatic N) is 1. The van der Waals surface area contributed by atoms with Crippen LogP contribution in [-0.2, 0) is 18.4 Å². The van der Waals surface area contributed by atoms with Crippen molar-refractivity contribution in [1.29, 1.82) is 0 Å². The number of aliphatic hydroxyl groups is 1. The highest BCUT2D eigenvalue weighted by Crippen LogP contribution is 2.38. The van der Waals surface area contributed by atoms with E-state index < -0.39 is 20.0 Å². The molecule has 0 aliphatic rings. The van der Waals surface area contributed by atoms with Crippen LogP contribution >= 0.6 is 7.82 Å². The van der Waals surface area contributed by atoms with Crippen LogP contribution < -0.4 is 10.2 Å². The van der Waals surface area contributed by atoms with Gasteiger partial charge in [-0.05, 0) is 19.3 Å². The van der Waals surface area contributed by atoms with Gasteiger partial charge in [-0.1, -0.05) is 321 Å². The van der Waals surface area contributed by atoms with Crippen LogP contribution in [0.15, 0.2) is 12.2 Å². The smallest absolute Gasteiger partial charge is 0.268 e. The molecule has 430 valence electrons. The number of phosphoric ester groups is 1. The van der Waals surface area contributed by atoms with Crippen LogP contribution in [0.4, 0.5) is 0 Å². The van der Waals surface area contributed by atoms with E-state index in [2.05, 4.69) is 19.2 Å². The molecule has 8 nitrogen and oxygen atoms in total. The van der Waals surface area contributed by atoms with Gasteiger partial charge in [-0.2, -0.15) is 0 Å². The molecule has 0 radical (unpaired) electrons. The van der Waals surface area contributed by atoms with E-state index in [0.717, 1.165) is 38.5 Å². The van der Waals surface area contributed by atoms with Crippen molar-refractivity contribution in [3.63, 3.8) is 0 Å². The number of hydrogen-bond acceptors (Lipinski definition) is 6. The molecule has 0 saturated carbocycles. The molecule has 0 heterocycles. The summed E-state index contributed by atoms with van der Waals surface area (Å²) < 4.78 is 23.4. The number of aliphatic hydroxyl groups excluding tert-OH is 1. The number of hydrogen-bond donors (Lipinski definition) is 2. The van der Waals surface area contributed by atoms with Gasteiger partial charge in [-0.3, -0.25) is 9.36 Å². The second-order valence-electron chi connectivity index (χ2n) is 23.5. The van der Waals surface area contributed by atoms with Gasteiger partial charge >= 0.3 is 0 Å². The highest BCUT2D eigenvalue weighted by molar-refractivity contribution is 7.45. The Morgan fingerprint density at radius 1 is 0.472 bits per heavy atom. The summed E-state index contributed by atoms with van der Waals surface area (Å²) in [6.07, 6.45) is 68.8. The first kappa shape index (κ1) is 71.2. The summed E-state index contributed by atoms with van der Waals surface area (Å²) in [4.78, 5) is 25.6. The van der Waals surface area contributed by atoms with Crippen LogP contribution in [0.1, 0.15) is 335 Å². The number of carbonyl (C=O) groups excluding carboxylic acids is 1. The largest absolute Gasteiger partial charge is 0.756 e. The SMILES string of the molecule is CCCCCCCCCCCCCCCCCCCCCCCCCCCC/C=C/C(O)C(COP(=O)([O-])OCC[N+](C)(C)C)NC(=O)CCCCCCCCCCCCCCCCCCCCCCCC. The molecule has 0 aliphatic heterocycles. The van der Waals surface area contributed by atoms with Crippen LogP contribution in [0, 0.1) is 0 Å². The number of amides is 1. The first-order chi connectivity index (χ1) is 35.0. The number of allylic oxidation sites excluding steroid dienone is 1. The second kappa shape index (κ2) is 55.0. The number of unbranched alkanes of at least 4 members (excludes halogenated alkanes) is 47. The van der Waals surface area contributed by atoms with Crippen molar-refractivity contribution in [1.82, 2.24) is 5.32 Å². The molecule has 9 heteroatoms. The molecule has 72 heavy (non-hydrogen) atoms. The Bertz CT molecular complexity index is 1180. The molecule has 0 bridgehead atoms. The van der Waals surface area contributed by atoms with Gasteiger partial charge in [0, 0.05) is 6.42 Å². The molecule has 0 aromatic rings. The fourth-order valence-corrected chi connectivity index (χ4v) is 10.7. The van der Waals surface area contributed by atoms with Crippen LogP contribution in [0.2, 0.25) is 0 Å². The average Bonchev–Trinajstić information content (AvgIpc) is 3.34. The predicted molar refractivity (Wildman–Crippen MR) is 312 cm³/mol. The summed E-state index contributed by atoms with van der Waals surface area (Å²) in [5.74, 6) is -0.189. The molecule has 3 unspecified atom stereocenters. The lowest BCUT2D eigenvalue weighted by atomic mass is 10.0. The number of phosphoric acid groups is 1. The Labute approximate surface area is 450 Å². The first-order valence-electron chi connectivity index (χ1n) is 32.1. The van der Waals surface area contributed by atoms with E-state index in [1.807, 2.05) is 27.2 Å². The minimum Gasteiger partial charge on any atom is -0.756 e. The summed E-state index contributed by atoms with van der Waals surface area (Å²) in [5.41, 5.74) is 0. The van der Waals surface area contributed by atoms with E-state index in [1.165, 1.54) is 276 Å². The molecule has 2 N–H and O–H groups in total. The Kier molecular flexibility index (Phi) is 54.4. The average molecular weight is 1040 g/mol. The zero-order chi connectivity index (χ0) is 52.7. The minimum atomic E-state index is -4.60. The standard InChI is InChI=1S/C63H127N2O6P/c1-6-8-10-12-14-16-18-20-22-24-26-28-30-31-32-33-34-35-36-38-40-42-44-46-48-50-52-54-56-62(66)61(60-71-72(68,69)70-59-58-65(3,4)5)64-63(67)57-55-53-51-49-47-45-43-41-39-37-29-27-25-23-21-19-17-15-13-11-9-7-2/h54,56,61-62,66H,6-53,55,57-60H2,1-5H3,(H-,64,67,68,69)/b56-54+. The maximum atomic E-state index is 13.0. The number of quaternary nitrogens is 1. The summed E-state index contributed by atoms with van der Waals surface area (Å²) in [7, 11) is 1.28. The van der Waals surface area contributed by atoms with Gasteiger partial charge in [0.1, 0.15) is 13.2 Å². The molecule has 0 aliphatic carbocycles. The van der Waals surface area contributed by atoms with E-state index in [4.69, 9.17) is 9.05 Å². The summed E-state index contributed by atoms with van der Waals surface area (Å²) in [6, 6.07) is -0.883. The van der Waals surface area contributed by atoms with Crippen LogP contribution in [0.3, 0.4) is 0 Å². The van der Waals surface area contributed by atoms with Crippen molar-refractivity contribution in [3.8, 4) is 0 Å². The Morgan fingerprint density at radius 3 is 1.04 bits per heavy atom. The molecule has 0 saturated heterocycles. The summed E-state index contributed by atoms with van der Waals surface area (Å²) >= 11 is 0. The maximum Gasteiger partial charge on any atom is 0.268 e. The molecule has 0 aromatic heterocycles. The van der Waals surface area contributed by atoms with Crippen LogP contribution in [-0.4, -0.2) is 68.5 Å². The van der Waals surface area contributed by atoms with E-state index >= 15 is 0 Å². The quantitative estimate of drug-likeness (QED) is 0.0272. The van der Waals surface area contributed by atoms with Gasteiger partial charge in [0.25, 0.3) is 7.82 Å². The van der Waals surface area contributed by atoms with Crippen LogP contribution in [0.25, 0.3) is 0 Å². The second-order valence-corrected chi connectivity index (χ2v) is 24.9. The third-order valence-corrected chi connectivity index (χ3v) is 16.0. The number of likely N-dealkylation sites (N-methyl/N-ethyl adjacent to an activating group) is 1. The lowest BCUT2D eigenvalue weighted by molar-refractivity contribution is -0.870. The molecule has 0 fully saturated rings. The van der Waals surface area contributed by atoms with Crippen molar-refractivity contribution in [2.45, 2.75) is 347 Å². The molecule has 1 amide bonds. The fourth-order valence-electron chi connectivity index (χ4n) is 9.98. The Balaban J connectivity index is 4.10. The number of rotatable bonds is 60. The van der Waals surface area contributed by atoms with Crippen molar-refractivity contribution < 1.29 is 32.9 Å². The molecule has 0 rings (SSSR count). The molecule has 3 atom stereocenters. The van der Waals surface area contributed by atoms with Crippen molar-refractivity contribution in [3.05, 3.63) is 12.2 Å². The normalized spacial score (nSPS) is 13.8. The number of nitrogens with one attached hydrogen (secondary N) is 1. The lowest BCUT2D eigenvalue weighted by Crippen LogP contribution is -2.45. The molecule has 0 spiro atoms. The van der Waals surface area contributed by atoms with Crippen molar-refractivity contribution in [2.24, 2.45) is 0 Å². The third-order valence-electron chi connectivity index (χ3n) is 15.0.